The summed E-state index contributed by atoms with van der Waals surface area (Å²) >= 11 is 0.605. The van der Waals surface area contributed by atoms with Crippen molar-refractivity contribution >= 4 is 33.3 Å². The zero-order chi connectivity index (χ0) is 27.1. The number of alkyl halides is 3. The largest absolute Gasteiger partial charge is 0.443 e. The molecule has 1 aliphatic rings. The Morgan fingerprint density at radius 3 is 2.56 bits per heavy atom. The lowest BCUT2D eigenvalue weighted by molar-refractivity contribution is -0.137. The van der Waals surface area contributed by atoms with Crippen molar-refractivity contribution in [2.75, 3.05) is 24.5 Å². The standard InChI is InChI=1S/C27H24F3N7OS/c1-17-15-35(13-14-37(17)22(38)16-36-12-11-19(34-36)18-7-3-2-4-8-18)25-23(33-26(39-25)27(28,29)30)24-31-20-9-5-6-10-21(20)32-24/h2-12,17H,13-16H2,1H3,(H,31,32)/t17-/m1/s1. The Bertz CT molecular complexity index is 1590. The van der Waals surface area contributed by atoms with Crippen LogP contribution in [0.4, 0.5) is 18.2 Å². The number of halogens is 3. The van der Waals surface area contributed by atoms with Gasteiger partial charge in [0.1, 0.15) is 17.2 Å². The third kappa shape index (κ3) is 4.99. The van der Waals surface area contributed by atoms with Gasteiger partial charge in [0.2, 0.25) is 10.9 Å². The molecule has 0 unspecified atom stereocenters. The van der Waals surface area contributed by atoms with E-state index in [1.165, 1.54) is 0 Å². The number of thiazole rings is 1. The molecule has 1 atom stereocenters. The van der Waals surface area contributed by atoms with Gasteiger partial charge < -0.3 is 14.8 Å². The van der Waals surface area contributed by atoms with E-state index in [-0.39, 0.29) is 30.0 Å². The number of rotatable bonds is 5. The number of H-pyrrole nitrogens is 1. The molecule has 2 aromatic carbocycles. The number of hydrogen-bond donors (Lipinski definition) is 1. The first-order valence-electron chi connectivity index (χ1n) is 12.4. The number of anilines is 1. The fraction of sp³-hybridized carbons (Fsp3) is 0.259. The van der Waals surface area contributed by atoms with Gasteiger partial charge in [0.05, 0.1) is 16.7 Å². The van der Waals surface area contributed by atoms with Gasteiger partial charge in [-0.3, -0.25) is 9.48 Å². The SMILES string of the molecule is C[C@@H]1CN(c2sc(C(F)(F)F)nc2-c2nc3ccccc3[nH]2)CCN1C(=O)Cn1ccc(-c2ccccc2)n1. The van der Waals surface area contributed by atoms with Crippen molar-refractivity contribution in [3.63, 3.8) is 0 Å². The van der Waals surface area contributed by atoms with E-state index >= 15 is 0 Å². The van der Waals surface area contributed by atoms with E-state index in [4.69, 9.17) is 0 Å². The highest BCUT2D eigenvalue weighted by Crippen LogP contribution is 2.42. The van der Waals surface area contributed by atoms with Gasteiger partial charge in [0.15, 0.2) is 5.82 Å². The van der Waals surface area contributed by atoms with Crippen LogP contribution in [-0.2, 0) is 17.5 Å². The number of nitrogens with one attached hydrogen (secondary N) is 1. The Labute approximate surface area is 225 Å². The minimum Gasteiger partial charge on any atom is -0.358 e. The molecule has 8 nitrogen and oxygen atoms in total. The van der Waals surface area contributed by atoms with Gasteiger partial charge in [-0.2, -0.15) is 18.3 Å². The molecule has 4 heterocycles. The first kappa shape index (κ1) is 25.1. The molecule has 5 aromatic rings. The van der Waals surface area contributed by atoms with E-state index in [0.29, 0.717) is 41.5 Å². The number of hydrogen-bond acceptors (Lipinski definition) is 6. The van der Waals surface area contributed by atoms with Crippen molar-refractivity contribution in [1.29, 1.82) is 0 Å². The second-order valence-corrected chi connectivity index (χ2v) is 10.4. The third-order valence-electron chi connectivity index (χ3n) is 6.71. The molecule has 0 radical (unpaired) electrons. The van der Waals surface area contributed by atoms with E-state index in [1.807, 2.05) is 66.4 Å². The molecule has 12 heteroatoms. The number of para-hydroxylation sites is 2. The van der Waals surface area contributed by atoms with Crippen LogP contribution in [0.15, 0.2) is 66.9 Å². The molecule has 39 heavy (non-hydrogen) atoms. The lowest BCUT2D eigenvalue weighted by atomic mass is 10.2. The quantitative estimate of drug-likeness (QED) is 0.320. The molecule has 200 valence electrons. The lowest BCUT2D eigenvalue weighted by Crippen LogP contribution is -2.54. The Kier molecular flexibility index (Phi) is 6.34. The lowest BCUT2D eigenvalue weighted by Gasteiger charge is -2.40. The maximum absolute atomic E-state index is 13.7. The number of aromatic amines is 1. The van der Waals surface area contributed by atoms with E-state index in [1.54, 1.807) is 21.8 Å². The van der Waals surface area contributed by atoms with Crippen LogP contribution in [0.3, 0.4) is 0 Å². The highest BCUT2D eigenvalue weighted by molar-refractivity contribution is 7.16. The normalized spacial score (nSPS) is 16.3. The van der Waals surface area contributed by atoms with E-state index in [9.17, 15) is 18.0 Å². The van der Waals surface area contributed by atoms with Gasteiger partial charge in [-0.1, -0.05) is 53.8 Å². The zero-order valence-corrected chi connectivity index (χ0v) is 21.7. The van der Waals surface area contributed by atoms with E-state index in [0.717, 1.165) is 16.8 Å². The van der Waals surface area contributed by atoms with Crippen molar-refractivity contribution in [3.8, 4) is 22.8 Å². The summed E-state index contributed by atoms with van der Waals surface area (Å²) in [4.78, 5) is 28.3. The Morgan fingerprint density at radius 2 is 1.82 bits per heavy atom. The van der Waals surface area contributed by atoms with E-state index in [2.05, 4.69) is 20.1 Å². The second-order valence-electron chi connectivity index (χ2n) is 9.42. The van der Waals surface area contributed by atoms with Crippen molar-refractivity contribution in [1.82, 2.24) is 29.6 Å². The topological polar surface area (TPSA) is 82.9 Å². The molecular formula is C27H24F3N7OS. The molecule has 0 aliphatic carbocycles. The molecule has 6 rings (SSSR count). The molecule has 0 saturated carbocycles. The molecule has 1 amide bonds. The molecule has 3 aromatic heterocycles. The summed E-state index contributed by atoms with van der Waals surface area (Å²) in [7, 11) is 0. The van der Waals surface area contributed by atoms with Crippen LogP contribution in [-0.4, -0.2) is 61.2 Å². The number of amides is 1. The van der Waals surface area contributed by atoms with Gasteiger partial charge in [-0.15, -0.1) is 0 Å². The number of carbonyl (C=O) groups is 1. The predicted molar refractivity (Wildman–Crippen MR) is 143 cm³/mol. The van der Waals surface area contributed by atoms with Crippen LogP contribution < -0.4 is 4.90 Å². The average Bonchev–Trinajstić information content (AvgIpc) is 3.66. The molecule has 1 aliphatic heterocycles. The first-order valence-corrected chi connectivity index (χ1v) is 13.2. The minimum absolute atomic E-state index is 0.0835. The number of nitrogens with zero attached hydrogens (tertiary/aromatic N) is 6. The molecule has 1 fully saturated rings. The van der Waals surface area contributed by atoms with Crippen LogP contribution in [0, 0.1) is 0 Å². The zero-order valence-electron chi connectivity index (χ0n) is 20.9. The smallest absolute Gasteiger partial charge is 0.358 e. The maximum Gasteiger partial charge on any atom is 0.443 e. The summed E-state index contributed by atoms with van der Waals surface area (Å²) < 4.78 is 42.6. The summed E-state index contributed by atoms with van der Waals surface area (Å²) in [5, 5.41) is 3.99. The Balaban J connectivity index is 1.20. The van der Waals surface area contributed by atoms with Crippen molar-refractivity contribution in [2.45, 2.75) is 25.7 Å². The van der Waals surface area contributed by atoms with Gasteiger partial charge in [-0.25, -0.2) is 9.97 Å². The summed E-state index contributed by atoms with van der Waals surface area (Å²) in [6, 6.07) is 18.6. The fourth-order valence-corrected chi connectivity index (χ4v) is 5.79. The summed E-state index contributed by atoms with van der Waals surface area (Å²) in [5.41, 5.74) is 3.29. The summed E-state index contributed by atoms with van der Waals surface area (Å²) in [5.74, 6) is 0.194. The van der Waals surface area contributed by atoms with Gasteiger partial charge >= 0.3 is 6.18 Å². The number of fused-ring (bicyclic) bond motifs is 1. The number of benzene rings is 2. The number of piperazine rings is 1. The first-order chi connectivity index (χ1) is 18.8. The number of aromatic nitrogens is 5. The predicted octanol–water partition coefficient (Wildman–Crippen LogP) is 5.31. The molecule has 1 N–H and O–H groups in total. The van der Waals surface area contributed by atoms with Crippen LogP contribution in [0.1, 0.15) is 11.9 Å². The van der Waals surface area contributed by atoms with Crippen molar-refractivity contribution in [2.24, 2.45) is 0 Å². The monoisotopic (exact) mass is 551 g/mol. The molecule has 0 spiro atoms. The Morgan fingerprint density at radius 1 is 1.05 bits per heavy atom. The highest BCUT2D eigenvalue weighted by atomic mass is 32.1. The van der Waals surface area contributed by atoms with Gasteiger partial charge in [-0.05, 0) is 25.1 Å². The van der Waals surface area contributed by atoms with Gasteiger partial charge in [0, 0.05) is 37.4 Å². The van der Waals surface area contributed by atoms with Crippen LogP contribution in [0.25, 0.3) is 33.8 Å². The van der Waals surface area contributed by atoms with Crippen LogP contribution in [0.2, 0.25) is 0 Å². The van der Waals surface area contributed by atoms with E-state index < -0.39 is 11.2 Å². The second kappa shape index (κ2) is 9.84. The molecule has 1 saturated heterocycles. The summed E-state index contributed by atoms with van der Waals surface area (Å²) in [6.07, 6.45) is -2.80. The van der Waals surface area contributed by atoms with Gasteiger partial charge in [0.25, 0.3) is 0 Å². The highest BCUT2D eigenvalue weighted by Gasteiger charge is 2.39. The van der Waals surface area contributed by atoms with Crippen LogP contribution >= 0.6 is 11.3 Å². The Hall–Kier alpha value is -4.19. The average molecular weight is 552 g/mol. The maximum atomic E-state index is 13.7. The number of imidazole rings is 1. The molecule has 0 bridgehead atoms. The van der Waals surface area contributed by atoms with Crippen LogP contribution in [0.5, 0.6) is 0 Å². The summed E-state index contributed by atoms with van der Waals surface area (Å²) in [6.45, 7) is 3.09. The van der Waals surface area contributed by atoms with Crippen molar-refractivity contribution < 1.29 is 18.0 Å². The third-order valence-corrected chi connectivity index (χ3v) is 7.87. The minimum atomic E-state index is -4.57. The fourth-order valence-electron chi connectivity index (χ4n) is 4.82. The van der Waals surface area contributed by atoms with Crippen molar-refractivity contribution in [3.05, 3.63) is 71.9 Å². The number of carbonyl (C=O) groups excluding carboxylic acids is 1. The molecular weight excluding hydrogens is 527 g/mol.